The molecule has 8 nitrogen and oxygen atoms in total. The van der Waals surface area contributed by atoms with E-state index in [4.69, 9.17) is 0 Å². The van der Waals surface area contributed by atoms with Crippen LogP contribution in [0.3, 0.4) is 0 Å². The molecule has 1 rings (SSSR count). The van der Waals surface area contributed by atoms with E-state index in [0.29, 0.717) is 0 Å². The van der Waals surface area contributed by atoms with Crippen LogP contribution >= 0.6 is 7.75 Å². The van der Waals surface area contributed by atoms with Crippen molar-refractivity contribution in [2.75, 3.05) is 0 Å². The maximum atomic E-state index is 11.7. The summed E-state index contributed by atoms with van der Waals surface area (Å²) in [4.78, 5) is -0.113. The molecule has 0 aliphatic carbocycles. The highest BCUT2D eigenvalue weighted by molar-refractivity contribution is 7.94. The molecule has 96 valence electrons. The molecule has 17 heavy (non-hydrogen) atoms. The lowest BCUT2D eigenvalue weighted by molar-refractivity contribution is 0.208. The van der Waals surface area contributed by atoms with Crippen LogP contribution in [0.25, 0.3) is 0 Å². The molecule has 0 amide bonds. The highest BCUT2D eigenvalue weighted by Crippen LogP contribution is 2.41. The molecule has 0 aromatic heterocycles. The standard InChI is InChI=1S/C7H12N3O5PS/c1-6-2-4-7(5-3-6)17(12,13)10-16(11,14-8)15-9/h2-5H,8-9H2,1H3,(H,10,11). The Morgan fingerprint density at radius 1 is 1.18 bits per heavy atom. The fourth-order valence-electron chi connectivity index (χ4n) is 0.985. The third-order valence-corrected chi connectivity index (χ3v) is 5.14. The van der Waals surface area contributed by atoms with E-state index in [9.17, 15) is 13.0 Å². The Kier molecular flexibility index (Phi) is 4.39. The Labute approximate surface area is 98.4 Å². The molecule has 0 radical (unpaired) electrons. The molecule has 0 saturated heterocycles. The van der Waals surface area contributed by atoms with Crippen LogP contribution < -0.4 is 16.3 Å². The SMILES string of the molecule is Cc1ccc(S(=O)(=O)NP(=O)(ON)ON)cc1. The van der Waals surface area contributed by atoms with Crippen molar-refractivity contribution >= 4 is 17.8 Å². The maximum Gasteiger partial charge on any atom is 0.451 e. The van der Waals surface area contributed by atoms with Crippen LogP contribution in [0.15, 0.2) is 29.2 Å². The van der Waals surface area contributed by atoms with Crippen LogP contribution in [0, 0.1) is 6.92 Å². The van der Waals surface area contributed by atoms with Crippen LogP contribution in [0.5, 0.6) is 0 Å². The quantitative estimate of drug-likeness (QED) is 0.517. The van der Waals surface area contributed by atoms with Crippen LogP contribution in [0.2, 0.25) is 0 Å². The minimum atomic E-state index is -4.26. The molecular formula is C7H12N3O5PS. The molecule has 0 fully saturated rings. The summed E-state index contributed by atoms with van der Waals surface area (Å²) in [5.41, 5.74) is 0.872. The third kappa shape index (κ3) is 3.58. The molecule has 0 heterocycles. The second-order valence-electron chi connectivity index (χ2n) is 3.12. The lowest BCUT2D eigenvalue weighted by Crippen LogP contribution is -2.26. The predicted octanol–water partition coefficient (Wildman–Crippen LogP) is 0.162. The second-order valence-corrected chi connectivity index (χ2v) is 6.74. The zero-order valence-electron chi connectivity index (χ0n) is 8.86. The Hall–Kier alpha value is -0.800. The second kappa shape index (κ2) is 5.23. The van der Waals surface area contributed by atoms with Crippen molar-refractivity contribution in [1.82, 2.24) is 4.49 Å². The van der Waals surface area contributed by atoms with E-state index in [2.05, 4.69) is 21.0 Å². The number of benzene rings is 1. The fourth-order valence-corrected chi connectivity index (χ4v) is 3.47. The third-order valence-electron chi connectivity index (χ3n) is 1.84. The van der Waals surface area contributed by atoms with Crippen LogP contribution in [-0.4, -0.2) is 8.42 Å². The first-order chi connectivity index (χ1) is 7.83. The van der Waals surface area contributed by atoms with Crippen molar-refractivity contribution in [3.05, 3.63) is 29.8 Å². The fraction of sp³-hybridized carbons (Fsp3) is 0.143. The summed E-state index contributed by atoms with van der Waals surface area (Å²) in [6.07, 6.45) is 0. The molecule has 10 heteroatoms. The minimum Gasteiger partial charge on any atom is -0.237 e. The van der Waals surface area contributed by atoms with E-state index in [-0.39, 0.29) is 4.90 Å². The van der Waals surface area contributed by atoms with Crippen molar-refractivity contribution in [1.29, 1.82) is 0 Å². The smallest absolute Gasteiger partial charge is 0.237 e. The Bertz CT molecular complexity index is 521. The summed E-state index contributed by atoms with van der Waals surface area (Å²) in [6, 6.07) is 5.81. The van der Waals surface area contributed by atoms with E-state index >= 15 is 0 Å². The van der Waals surface area contributed by atoms with Gasteiger partial charge in [-0.05, 0) is 19.1 Å². The van der Waals surface area contributed by atoms with E-state index < -0.39 is 17.8 Å². The average molecular weight is 281 g/mol. The normalized spacial score (nSPS) is 12.6. The van der Waals surface area contributed by atoms with Crippen molar-refractivity contribution < 1.29 is 22.2 Å². The highest BCUT2D eigenvalue weighted by atomic mass is 32.2. The van der Waals surface area contributed by atoms with Crippen molar-refractivity contribution in [3.8, 4) is 0 Å². The zero-order valence-corrected chi connectivity index (χ0v) is 10.6. The maximum absolute atomic E-state index is 11.7. The number of aryl methyl sites for hydroxylation is 1. The Balaban J connectivity index is 3.05. The lowest BCUT2D eigenvalue weighted by Gasteiger charge is -2.13. The van der Waals surface area contributed by atoms with Gasteiger partial charge < -0.3 is 0 Å². The van der Waals surface area contributed by atoms with Gasteiger partial charge in [-0.2, -0.15) is 0 Å². The van der Waals surface area contributed by atoms with Crippen molar-refractivity contribution in [2.24, 2.45) is 11.8 Å². The number of hydrogen-bond donors (Lipinski definition) is 3. The van der Waals surface area contributed by atoms with Gasteiger partial charge in [-0.15, -0.1) is 4.49 Å². The van der Waals surface area contributed by atoms with Crippen molar-refractivity contribution in [2.45, 2.75) is 11.8 Å². The number of nitrogens with two attached hydrogens (primary N) is 2. The molecule has 0 bridgehead atoms. The van der Waals surface area contributed by atoms with Gasteiger partial charge >= 0.3 is 7.75 Å². The Morgan fingerprint density at radius 2 is 1.65 bits per heavy atom. The molecule has 1 aromatic carbocycles. The minimum absolute atomic E-state index is 0.113. The van der Waals surface area contributed by atoms with Gasteiger partial charge in [0.05, 0.1) is 4.90 Å². The van der Waals surface area contributed by atoms with Gasteiger partial charge in [0.25, 0.3) is 0 Å². The molecule has 0 aliphatic rings. The van der Waals surface area contributed by atoms with Gasteiger partial charge in [-0.1, -0.05) is 17.7 Å². The molecule has 1 aromatic rings. The van der Waals surface area contributed by atoms with Crippen molar-refractivity contribution in [3.63, 3.8) is 0 Å². The van der Waals surface area contributed by atoms with Gasteiger partial charge in [0.15, 0.2) is 0 Å². The monoisotopic (exact) mass is 281 g/mol. The highest BCUT2D eigenvalue weighted by Gasteiger charge is 2.31. The number of rotatable bonds is 5. The summed E-state index contributed by atoms with van der Waals surface area (Å²) < 4.78 is 44.3. The van der Waals surface area contributed by atoms with E-state index in [0.717, 1.165) is 5.56 Å². The first kappa shape index (κ1) is 14.3. The van der Waals surface area contributed by atoms with Crippen LogP contribution in [-0.2, 0) is 23.8 Å². The molecular weight excluding hydrogens is 269 g/mol. The summed E-state index contributed by atoms with van der Waals surface area (Å²) in [7, 11) is -8.34. The largest absolute Gasteiger partial charge is 0.451 e. The summed E-state index contributed by atoms with van der Waals surface area (Å²) in [5, 5.41) is 0. The van der Waals surface area contributed by atoms with E-state index in [1.807, 2.05) is 0 Å². The van der Waals surface area contributed by atoms with Gasteiger partial charge in [0.2, 0.25) is 10.0 Å². The molecule has 5 N–H and O–H groups in total. The topological polar surface area (TPSA) is 134 Å². The van der Waals surface area contributed by atoms with Crippen LogP contribution in [0.4, 0.5) is 0 Å². The number of hydrogen-bond acceptors (Lipinski definition) is 7. The first-order valence-electron chi connectivity index (χ1n) is 4.31. The first-order valence-corrected chi connectivity index (χ1v) is 7.33. The molecule has 0 saturated carbocycles. The molecule has 0 aliphatic heterocycles. The van der Waals surface area contributed by atoms with Gasteiger partial charge in [0.1, 0.15) is 0 Å². The number of sulfonamides is 1. The summed E-state index contributed by atoms with van der Waals surface area (Å²) >= 11 is 0. The van der Waals surface area contributed by atoms with Gasteiger partial charge in [-0.3, -0.25) is 0 Å². The van der Waals surface area contributed by atoms with E-state index in [1.54, 1.807) is 23.5 Å². The predicted molar refractivity (Wildman–Crippen MR) is 59.7 cm³/mol. The van der Waals surface area contributed by atoms with Gasteiger partial charge in [0, 0.05) is 0 Å². The van der Waals surface area contributed by atoms with Crippen LogP contribution in [0.1, 0.15) is 5.56 Å². The molecule has 0 unspecified atom stereocenters. The zero-order chi connectivity index (χ0) is 13.1. The summed E-state index contributed by atoms with van der Waals surface area (Å²) in [5.74, 6) is 9.26. The number of nitrogens with one attached hydrogen (secondary N) is 1. The molecule has 0 atom stereocenters. The summed E-state index contributed by atoms with van der Waals surface area (Å²) in [6.45, 7) is 1.79. The molecule has 0 spiro atoms. The Morgan fingerprint density at radius 3 is 2.06 bits per heavy atom. The average Bonchev–Trinajstić information content (AvgIpc) is 2.29. The van der Waals surface area contributed by atoms with Gasteiger partial charge in [-0.25, -0.2) is 34.0 Å². The lowest BCUT2D eigenvalue weighted by atomic mass is 10.2. The van der Waals surface area contributed by atoms with E-state index in [1.165, 1.54) is 12.1 Å².